The van der Waals surface area contributed by atoms with Gasteiger partial charge in [0.1, 0.15) is 6.10 Å². The number of primary amides is 1. The third-order valence-electron chi connectivity index (χ3n) is 8.23. The van der Waals surface area contributed by atoms with Crippen LogP contribution in [-0.4, -0.2) is 80.4 Å². The summed E-state index contributed by atoms with van der Waals surface area (Å²) >= 11 is 0. The molecule has 0 saturated heterocycles. The number of nitrogens with one attached hydrogen (secondary N) is 2. The predicted molar refractivity (Wildman–Crippen MR) is 175 cm³/mol. The maximum absolute atomic E-state index is 13.8. The molecule has 0 aromatic heterocycles. The lowest BCUT2D eigenvalue weighted by Crippen LogP contribution is -2.38. The highest BCUT2D eigenvalue weighted by Gasteiger charge is 2.33. The fourth-order valence-electron chi connectivity index (χ4n) is 5.61. The highest BCUT2D eigenvalue weighted by atomic mass is 16.6. The Kier molecular flexibility index (Phi) is 16.1. The van der Waals surface area contributed by atoms with Gasteiger partial charge in [0, 0.05) is 43.9 Å². The van der Waals surface area contributed by atoms with E-state index in [-0.39, 0.29) is 34.9 Å². The summed E-state index contributed by atoms with van der Waals surface area (Å²) in [6.45, 7) is 8.17. The third-order valence-corrected chi connectivity index (χ3v) is 8.23. The number of allylic oxidation sites excluding steroid dienone is 4. The van der Waals surface area contributed by atoms with Gasteiger partial charge in [-0.3, -0.25) is 14.4 Å². The molecule has 0 spiro atoms. The summed E-state index contributed by atoms with van der Waals surface area (Å²) in [5.41, 5.74) is 12.2. The Bertz CT molecular complexity index is 1250. The summed E-state index contributed by atoms with van der Waals surface area (Å²) in [5.74, 6) is -2.04. The molecule has 12 heteroatoms. The molecule has 2 amide bonds. The lowest BCUT2D eigenvalue weighted by atomic mass is 9.85. The van der Waals surface area contributed by atoms with Gasteiger partial charge in [0.05, 0.1) is 23.6 Å². The van der Waals surface area contributed by atoms with E-state index in [0.717, 1.165) is 31.8 Å². The van der Waals surface area contributed by atoms with E-state index in [0.29, 0.717) is 25.1 Å². The molecule has 256 valence electrons. The van der Waals surface area contributed by atoms with E-state index >= 15 is 0 Å². The molecule has 1 aliphatic heterocycles. The Morgan fingerprint density at radius 2 is 1.78 bits per heavy atom. The van der Waals surface area contributed by atoms with Crippen LogP contribution in [0.25, 0.3) is 0 Å². The van der Waals surface area contributed by atoms with E-state index in [1.807, 2.05) is 13.8 Å². The van der Waals surface area contributed by atoms with Gasteiger partial charge in [0.2, 0.25) is 11.6 Å². The predicted octanol–water partition coefficient (Wildman–Crippen LogP) is 2.87. The van der Waals surface area contributed by atoms with Crippen LogP contribution in [0.5, 0.6) is 0 Å². The third kappa shape index (κ3) is 11.3. The zero-order chi connectivity index (χ0) is 34.4. The van der Waals surface area contributed by atoms with Gasteiger partial charge in [-0.15, -0.1) is 0 Å². The van der Waals surface area contributed by atoms with Crippen LogP contribution in [0.1, 0.15) is 66.2 Å². The second-order valence-electron chi connectivity index (χ2n) is 12.1. The zero-order valence-corrected chi connectivity index (χ0v) is 28.0. The molecular formula is C34H52N4O8. The van der Waals surface area contributed by atoms with E-state index in [1.165, 1.54) is 20.3 Å². The first-order valence-corrected chi connectivity index (χ1v) is 15.9. The number of amides is 2. The Morgan fingerprint density at radius 1 is 1.09 bits per heavy atom. The van der Waals surface area contributed by atoms with Crippen molar-refractivity contribution in [3.05, 3.63) is 58.5 Å². The first-order chi connectivity index (χ1) is 21.8. The number of unbranched alkanes of at least 4 members (excludes halogenated alkanes) is 3. The van der Waals surface area contributed by atoms with Gasteiger partial charge in [-0.2, -0.15) is 0 Å². The molecule has 6 atom stereocenters. The van der Waals surface area contributed by atoms with Crippen molar-refractivity contribution in [2.45, 2.75) is 90.6 Å². The maximum atomic E-state index is 13.8. The number of ketones is 2. The number of hydrogen-bond donors (Lipinski definition) is 5. The van der Waals surface area contributed by atoms with Crippen LogP contribution in [0, 0.1) is 11.8 Å². The molecule has 7 N–H and O–H groups in total. The van der Waals surface area contributed by atoms with Gasteiger partial charge >= 0.3 is 6.09 Å². The van der Waals surface area contributed by atoms with Gasteiger partial charge in [-0.05, 0) is 57.6 Å². The fourth-order valence-corrected chi connectivity index (χ4v) is 5.61. The second kappa shape index (κ2) is 19.2. The topological polar surface area (TPSA) is 192 Å². The number of nitrogens with two attached hydrogens (primary N) is 2. The van der Waals surface area contributed by atoms with Crippen LogP contribution in [0.4, 0.5) is 4.79 Å². The highest BCUT2D eigenvalue weighted by Crippen LogP contribution is 2.29. The second-order valence-corrected chi connectivity index (χ2v) is 12.1. The summed E-state index contributed by atoms with van der Waals surface area (Å²) in [6.07, 6.45) is 7.54. The van der Waals surface area contributed by atoms with Crippen molar-refractivity contribution in [3.8, 4) is 0 Å². The Morgan fingerprint density at radius 3 is 2.41 bits per heavy atom. The number of Topliss-reactive ketones (excluding diaryl/α,β-unsaturated/α-hetero) is 1. The molecule has 2 bridgehead atoms. The number of fused-ring (bicyclic) bond motifs is 2. The van der Waals surface area contributed by atoms with Gasteiger partial charge in [-0.25, -0.2) is 4.79 Å². The highest BCUT2D eigenvalue weighted by molar-refractivity contribution is 6.23. The van der Waals surface area contributed by atoms with Gasteiger partial charge in [-0.1, -0.05) is 51.0 Å². The van der Waals surface area contributed by atoms with Crippen molar-refractivity contribution in [1.29, 1.82) is 0 Å². The van der Waals surface area contributed by atoms with Crippen LogP contribution in [-0.2, 0) is 28.6 Å². The van der Waals surface area contributed by atoms with Crippen molar-refractivity contribution >= 4 is 23.6 Å². The first kappa shape index (κ1) is 38.6. The number of ether oxygens (including phenoxy) is 3. The minimum atomic E-state index is -0.997. The standard InChI is InChI=1S/C34H52N4O8/c1-20-16-24-29(37-15-10-8-7-9-14-35)26(39)19-25(31(24)41)38-33(42)21(2)12-11-13-27(44-5)32(46-34(36)43)23(4)18-22(3)30(40)28(17-20)45-6/h11-13,18-20,22,27-28,30,32,37,40H,7-10,14-17,35H2,1-6H3,(H2,36,43)(H,38,42)/b13-11-,21-12+,23-18+/t20-,22+,27+,28+,30-,32?/m1/s1. The smallest absolute Gasteiger partial charge is 0.405 e. The van der Waals surface area contributed by atoms with E-state index in [9.17, 15) is 24.3 Å². The van der Waals surface area contributed by atoms with E-state index in [2.05, 4.69) is 10.6 Å². The van der Waals surface area contributed by atoms with E-state index in [4.69, 9.17) is 25.7 Å². The lowest BCUT2D eigenvalue weighted by molar-refractivity contribution is -0.120. The largest absolute Gasteiger partial charge is 0.439 e. The van der Waals surface area contributed by atoms with Gasteiger partial charge in [0.15, 0.2) is 6.10 Å². The number of methoxy groups -OCH3 is 2. The number of aliphatic hydroxyl groups excluding tert-OH is 1. The lowest BCUT2D eigenvalue weighted by Gasteiger charge is -2.30. The average Bonchev–Trinajstić information content (AvgIpc) is 3.01. The summed E-state index contributed by atoms with van der Waals surface area (Å²) in [5, 5.41) is 17.1. The van der Waals surface area contributed by atoms with Crippen molar-refractivity contribution < 1.29 is 38.5 Å². The van der Waals surface area contributed by atoms with Gasteiger partial charge < -0.3 is 41.4 Å². The summed E-state index contributed by atoms with van der Waals surface area (Å²) < 4.78 is 16.7. The van der Waals surface area contributed by atoms with Gasteiger partial charge in [0.25, 0.3) is 5.91 Å². The summed E-state index contributed by atoms with van der Waals surface area (Å²) in [7, 11) is 2.94. The van der Waals surface area contributed by atoms with Crippen molar-refractivity contribution in [2.75, 3.05) is 27.3 Å². The SMILES string of the molecule is CO[C@H]1/C=C\C=C(/C)C(=O)NC2=CC(=O)C(NCCCCCCN)=C(C[C@@H](C)C[C@H](OC)[C@H](O)[C@@H](C)/C=C(\C)C1OC(N)=O)C2=O. The molecular weight excluding hydrogens is 592 g/mol. The normalized spacial score (nSPS) is 30.0. The zero-order valence-electron chi connectivity index (χ0n) is 28.0. The minimum Gasteiger partial charge on any atom is -0.439 e. The summed E-state index contributed by atoms with van der Waals surface area (Å²) in [6, 6.07) is 0. The van der Waals surface area contributed by atoms with Crippen LogP contribution >= 0.6 is 0 Å². The van der Waals surface area contributed by atoms with Crippen LogP contribution in [0.2, 0.25) is 0 Å². The monoisotopic (exact) mass is 644 g/mol. The quantitative estimate of drug-likeness (QED) is 0.134. The Labute approximate surface area is 272 Å². The average molecular weight is 645 g/mol. The molecule has 0 radical (unpaired) electrons. The Hall–Kier alpha value is -3.58. The van der Waals surface area contributed by atoms with Crippen LogP contribution < -0.4 is 22.1 Å². The van der Waals surface area contributed by atoms with E-state index in [1.54, 1.807) is 32.1 Å². The number of carbonyl (C=O) groups is 4. The Balaban J connectivity index is 2.54. The molecule has 1 aliphatic carbocycles. The minimum absolute atomic E-state index is 0.109. The number of aliphatic hydroxyl groups is 1. The van der Waals surface area contributed by atoms with Crippen molar-refractivity contribution in [2.24, 2.45) is 23.3 Å². The number of hydrogen-bond acceptors (Lipinski definition) is 10. The molecule has 2 rings (SSSR count). The number of rotatable bonds is 10. The van der Waals surface area contributed by atoms with Crippen molar-refractivity contribution in [1.82, 2.24) is 10.6 Å². The molecule has 12 nitrogen and oxygen atoms in total. The molecule has 1 unspecified atom stereocenters. The first-order valence-electron chi connectivity index (χ1n) is 15.9. The molecule has 0 saturated carbocycles. The van der Waals surface area contributed by atoms with E-state index < -0.39 is 53.9 Å². The molecule has 0 aromatic rings. The maximum Gasteiger partial charge on any atom is 0.405 e. The molecule has 2 aliphatic rings. The molecule has 0 fully saturated rings. The molecule has 46 heavy (non-hydrogen) atoms. The molecule has 0 aromatic carbocycles. The summed E-state index contributed by atoms with van der Waals surface area (Å²) in [4.78, 5) is 52.0. The number of carbonyl (C=O) groups excluding carboxylic acids is 4. The fraction of sp³-hybridized carbons (Fsp3) is 0.588. The molecule has 1 heterocycles. The van der Waals surface area contributed by atoms with Crippen LogP contribution in [0.3, 0.4) is 0 Å². The van der Waals surface area contributed by atoms with Crippen molar-refractivity contribution in [3.63, 3.8) is 0 Å². The van der Waals surface area contributed by atoms with Crippen LogP contribution in [0.15, 0.2) is 58.5 Å².